The van der Waals surface area contributed by atoms with Crippen LogP contribution in [0.4, 0.5) is 0 Å². The molecule has 1 aromatic carbocycles. The molecule has 6 nitrogen and oxygen atoms in total. The van der Waals surface area contributed by atoms with Crippen molar-refractivity contribution in [3.05, 3.63) is 40.8 Å². The van der Waals surface area contributed by atoms with Gasteiger partial charge in [-0.2, -0.15) is 4.98 Å². The molecule has 18 heavy (non-hydrogen) atoms. The number of rotatable bonds is 2. The first kappa shape index (κ1) is 11.0. The van der Waals surface area contributed by atoms with Crippen LogP contribution in [0.5, 0.6) is 0 Å². The summed E-state index contributed by atoms with van der Waals surface area (Å²) in [6.07, 6.45) is 1.86. The SMILES string of the molecule is CSc1nnc2[nH]c(=O)n(-c3ccccc3)c2n1. The fraction of sp³-hybridized carbons (Fsp3) is 0.0909. The highest BCUT2D eigenvalue weighted by Crippen LogP contribution is 2.14. The lowest BCUT2D eigenvalue weighted by atomic mass is 10.3. The van der Waals surface area contributed by atoms with E-state index in [-0.39, 0.29) is 5.69 Å². The van der Waals surface area contributed by atoms with E-state index in [1.165, 1.54) is 16.3 Å². The smallest absolute Gasteiger partial charge is 0.287 e. The van der Waals surface area contributed by atoms with E-state index in [0.717, 1.165) is 5.69 Å². The van der Waals surface area contributed by atoms with Crippen molar-refractivity contribution >= 4 is 23.1 Å². The first-order valence-corrected chi connectivity index (χ1v) is 6.47. The quantitative estimate of drug-likeness (QED) is 0.700. The van der Waals surface area contributed by atoms with Gasteiger partial charge >= 0.3 is 5.69 Å². The summed E-state index contributed by atoms with van der Waals surface area (Å²) in [4.78, 5) is 18.9. The average Bonchev–Trinajstić information content (AvgIpc) is 2.74. The molecule has 0 amide bonds. The maximum absolute atomic E-state index is 11.9. The molecule has 0 fully saturated rings. The zero-order valence-corrected chi connectivity index (χ0v) is 10.3. The summed E-state index contributed by atoms with van der Waals surface area (Å²) in [5.41, 5.74) is 1.37. The van der Waals surface area contributed by atoms with Crippen molar-refractivity contribution in [1.29, 1.82) is 0 Å². The van der Waals surface area contributed by atoms with Crippen LogP contribution in [0, 0.1) is 0 Å². The number of hydrogen-bond donors (Lipinski definition) is 1. The van der Waals surface area contributed by atoms with Gasteiger partial charge in [0.15, 0.2) is 5.65 Å². The molecule has 0 aliphatic rings. The van der Waals surface area contributed by atoms with Crippen LogP contribution >= 0.6 is 11.8 Å². The predicted molar refractivity (Wildman–Crippen MR) is 69.1 cm³/mol. The topological polar surface area (TPSA) is 76.5 Å². The number of nitrogens with zero attached hydrogens (tertiary/aromatic N) is 4. The van der Waals surface area contributed by atoms with Gasteiger partial charge in [-0.25, -0.2) is 9.36 Å². The van der Waals surface area contributed by atoms with Gasteiger partial charge in [0.25, 0.3) is 0 Å². The molecule has 0 spiro atoms. The van der Waals surface area contributed by atoms with Gasteiger partial charge in [-0.15, -0.1) is 10.2 Å². The third-order valence-corrected chi connectivity index (χ3v) is 3.02. The molecule has 0 unspecified atom stereocenters. The molecule has 0 aliphatic carbocycles. The van der Waals surface area contributed by atoms with E-state index in [9.17, 15) is 4.79 Å². The van der Waals surface area contributed by atoms with Gasteiger partial charge < -0.3 is 0 Å². The summed E-state index contributed by atoms with van der Waals surface area (Å²) in [6.45, 7) is 0. The van der Waals surface area contributed by atoms with Crippen LogP contribution in [0.1, 0.15) is 0 Å². The van der Waals surface area contributed by atoms with Gasteiger partial charge in [-0.1, -0.05) is 30.0 Å². The molecule has 0 saturated heterocycles. The molecule has 0 saturated carbocycles. The van der Waals surface area contributed by atoms with Crippen molar-refractivity contribution < 1.29 is 0 Å². The summed E-state index contributed by atoms with van der Waals surface area (Å²) < 4.78 is 1.49. The van der Waals surface area contributed by atoms with Crippen LogP contribution in [0.3, 0.4) is 0 Å². The van der Waals surface area contributed by atoms with Crippen molar-refractivity contribution in [2.45, 2.75) is 5.16 Å². The van der Waals surface area contributed by atoms with E-state index in [0.29, 0.717) is 16.5 Å². The number of thioether (sulfide) groups is 1. The summed E-state index contributed by atoms with van der Waals surface area (Å²) in [6, 6.07) is 9.31. The molecule has 0 atom stereocenters. The van der Waals surface area contributed by atoms with Crippen LogP contribution in [0.25, 0.3) is 17.0 Å². The standard InChI is InChI=1S/C11H9N5OS/c1-18-10-13-9-8(14-15-10)12-11(17)16(9)7-5-3-2-4-6-7/h2-6H,1H3,(H,12,14,17). The van der Waals surface area contributed by atoms with Crippen molar-refractivity contribution in [3.8, 4) is 5.69 Å². The first-order chi connectivity index (χ1) is 8.79. The fourth-order valence-electron chi connectivity index (χ4n) is 1.70. The minimum Gasteiger partial charge on any atom is -0.287 e. The van der Waals surface area contributed by atoms with Crippen LogP contribution in [0.15, 0.2) is 40.3 Å². The third kappa shape index (κ3) is 1.68. The van der Waals surface area contributed by atoms with Gasteiger partial charge in [0.2, 0.25) is 10.8 Å². The molecule has 3 aromatic rings. The van der Waals surface area contributed by atoms with Gasteiger partial charge in [-0.3, -0.25) is 4.98 Å². The second-order valence-electron chi connectivity index (χ2n) is 3.57. The average molecular weight is 259 g/mol. The Morgan fingerprint density at radius 2 is 2.00 bits per heavy atom. The van der Waals surface area contributed by atoms with E-state index in [2.05, 4.69) is 20.2 Å². The molecule has 2 aromatic heterocycles. The molecule has 90 valence electrons. The Labute approximate surface area is 106 Å². The number of hydrogen-bond acceptors (Lipinski definition) is 5. The molecule has 0 aliphatic heterocycles. The van der Waals surface area contributed by atoms with Gasteiger partial charge in [0.05, 0.1) is 5.69 Å². The lowest BCUT2D eigenvalue weighted by Crippen LogP contribution is -2.14. The Bertz CT molecular complexity index is 749. The summed E-state index contributed by atoms with van der Waals surface area (Å²) in [7, 11) is 0. The number of imidazole rings is 1. The molecule has 3 rings (SSSR count). The molecule has 7 heteroatoms. The number of fused-ring (bicyclic) bond motifs is 1. The van der Waals surface area contributed by atoms with Crippen molar-refractivity contribution in [2.24, 2.45) is 0 Å². The van der Waals surface area contributed by atoms with Gasteiger partial charge in [-0.05, 0) is 18.4 Å². The normalized spacial score (nSPS) is 10.9. The first-order valence-electron chi connectivity index (χ1n) is 5.24. The molecular weight excluding hydrogens is 250 g/mol. The Hall–Kier alpha value is -2.15. The zero-order valence-electron chi connectivity index (χ0n) is 9.49. The van der Waals surface area contributed by atoms with Crippen LogP contribution in [-0.4, -0.2) is 31.0 Å². The number of benzene rings is 1. The Morgan fingerprint density at radius 3 is 2.72 bits per heavy atom. The maximum Gasteiger partial charge on any atom is 0.333 e. The molecular formula is C11H9N5OS. The minimum atomic E-state index is -0.267. The molecule has 2 heterocycles. The lowest BCUT2D eigenvalue weighted by molar-refractivity contribution is 0.866. The lowest BCUT2D eigenvalue weighted by Gasteiger charge is -2.01. The largest absolute Gasteiger partial charge is 0.333 e. The maximum atomic E-state index is 11.9. The van der Waals surface area contributed by atoms with Crippen molar-refractivity contribution in [3.63, 3.8) is 0 Å². The van der Waals surface area contributed by atoms with E-state index in [4.69, 9.17) is 0 Å². The number of H-pyrrole nitrogens is 1. The van der Waals surface area contributed by atoms with E-state index in [1.807, 2.05) is 36.6 Å². The summed E-state index contributed by atoms with van der Waals surface area (Å²) >= 11 is 1.38. The highest BCUT2D eigenvalue weighted by atomic mass is 32.2. The van der Waals surface area contributed by atoms with E-state index < -0.39 is 0 Å². The highest BCUT2D eigenvalue weighted by Gasteiger charge is 2.12. The number of para-hydroxylation sites is 1. The van der Waals surface area contributed by atoms with Crippen LogP contribution < -0.4 is 5.69 Å². The van der Waals surface area contributed by atoms with Gasteiger partial charge in [0, 0.05) is 0 Å². The Morgan fingerprint density at radius 1 is 1.22 bits per heavy atom. The second-order valence-corrected chi connectivity index (χ2v) is 4.35. The molecule has 1 N–H and O–H groups in total. The van der Waals surface area contributed by atoms with Crippen molar-refractivity contribution in [1.82, 2.24) is 24.7 Å². The fourth-order valence-corrected chi connectivity index (χ4v) is 2.00. The molecule has 0 bridgehead atoms. The van der Waals surface area contributed by atoms with Crippen LogP contribution in [-0.2, 0) is 0 Å². The predicted octanol–water partition coefficient (Wildman–Crippen LogP) is 1.23. The van der Waals surface area contributed by atoms with E-state index in [1.54, 1.807) is 0 Å². The zero-order chi connectivity index (χ0) is 12.5. The summed E-state index contributed by atoms with van der Waals surface area (Å²) in [5.74, 6) is 0. The van der Waals surface area contributed by atoms with Crippen molar-refractivity contribution in [2.75, 3.05) is 6.26 Å². The van der Waals surface area contributed by atoms with E-state index >= 15 is 0 Å². The number of aromatic amines is 1. The number of aromatic nitrogens is 5. The Balaban J connectivity index is 2.34. The second kappa shape index (κ2) is 4.26. The summed E-state index contributed by atoms with van der Waals surface area (Å²) in [5, 5.41) is 8.37. The van der Waals surface area contributed by atoms with Gasteiger partial charge in [0.1, 0.15) is 0 Å². The Kier molecular flexibility index (Phi) is 2.60. The highest BCUT2D eigenvalue weighted by molar-refractivity contribution is 7.98. The third-order valence-electron chi connectivity index (χ3n) is 2.49. The molecule has 0 radical (unpaired) electrons. The number of nitrogens with one attached hydrogen (secondary N) is 1. The monoisotopic (exact) mass is 259 g/mol. The minimum absolute atomic E-state index is 0.267. The van der Waals surface area contributed by atoms with Crippen LogP contribution in [0.2, 0.25) is 0 Å².